The van der Waals surface area contributed by atoms with Crippen LogP contribution in [-0.2, 0) is 6.42 Å². The number of aromatic nitrogens is 2. The van der Waals surface area contributed by atoms with Crippen LogP contribution >= 0.6 is 11.6 Å². The van der Waals surface area contributed by atoms with Crippen molar-refractivity contribution in [1.82, 2.24) is 9.78 Å². The monoisotopic (exact) mass is 235 g/mol. The molecular formula is C12H14ClN3. The van der Waals surface area contributed by atoms with Gasteiger partial charge < -0.3 is 5.73 Å². The van der Waals surface area contributed by atoms with Crippen molar-refractivity contribution >= 4 is 11.6 Å². The lowest BCUT2D eigenvalue weighted by Crippen LogP contribution is -2.04. The first kappa shape index (κ1) is 11.2. The van der Waals surface area contributed by atoms with E-state index in [-0.39, 0.29) is 0 Å². The molecule has 0 amide bonds. The number of hydrogen-bond acceptors (Lipinski definition) is 2. The summed E-state index contributed by atoms with van der Waals surface area (Å²) in [4.78, 5) is 0. The second-order valence-corrected chi connectivity index (χ2v) is 4.20. The summed E-state index contributed by atoms with van der Waals surface area (Å²) in [6, 6.07) is 6.28. The summed E-state index contributed by atoms with van der Waals surface area (Å²) in [5, 5.41) is 4.84. The highest BCUT2D eigenvalue weighted by atomic mass is 35.5. The zero-order valence-electron chi connectivity index (χ0n) is 9.15. The van der Waals surface area contributed by atoms with Gasteiger partial charge in [-0.15, -0.1) is 0 Å². The molecule has 0 aliphatic rings. The predicted octanol–water partition coefficient (Wildman–Crippen LogP) is 2.34. The minimum atomic E-state index is 0.642. The highest BCUT2D eigenvalue weighted by Crippen LogP contribution is 2.17. The summed E-state index contributed by atoms with van der Waals surface area (Å²) in [6.45, 7) is 2.71. The van der Waals surface area contributed by atoms with Crippen molar-refractivity contribution in [2.75, 3.05) is 6.54 Å². The minimum Gasteiger partial charge on any atom is -0.330 e. The maximum Gasteiger partial charge on any atom is 0.0790 e. The van der Waals surface area contributed by atoms with Gasteiger partial charge in [-0.25, -0.2) is 4.68 Å². The van der Waals surface area contributed by atoms with E-state index < -0.39 is 0 Å². The molecule has 2 aromatic rings. The molecule has 0 radical (unpaired) electrons. The topological polar surface area (TPSA) is 43.8 Å². The van der Waals surface area contributed by atoms with Crippen LogP contribution < -0.4 is 5.73 Å². The summed E-state index contributed by atoms with van der Waals surface area (Å²) in [5.74, 6) is 0. The third kappa shape index (κ3) is 2.26. The molecule has 0 saturated carbocycles. The van der Waals surface area contributed by atoms with Crippen molar-refractivity contribution in [1.29, 1.82) is 0 Å². The van der Waals surface area contributed by atoms with Crippen molar-refractivity contribution in [3.05, 3.63) is 46.7 Å². The zero-order chi connectivity index (χ0) is 11.5. The van der Waals surface area contributed by atoms with E-state index in [0.717, 1.165) is 12.1 Å². The molecule has 0 bridgehead atoms. The van der Waals surface area contributed by atoms with Crippen molar-refractivity contribution in [3.8, 4) is 5.69 Å². The molecule has 3 nitrogen and oxygen atoms in total. The van der Waals surface area contributed by atoms with E-state index in [9.17, 15) is 0 Å². The molecular weight excluding hydrogens is 222 g/mol. The van der Waals surface area contributed by atoms with Gasteiger partial charge in [0.05, 0.1) is 16.9 Å². The molecule has 0 aliphatic heterocycles. The predicted molar refractivity (Wildman–Crippen MR) is 66.1 cm³/mol. The molecule has 1 heterocycles. The largest absolute Gasteiger partial charge is 0.330 e. The van der Waals surface area contributed by atoms with Gasteiger partial charge in [-0.3, -0.25) is 0 Å². The Kier molecular flexibility index (Phi) is 3.27. The van der Waals surface area contributed by atoms with Crippen molar-refractivity contribution in [2.45, 2.75) is 13.3 Å². The lowest BCUT2D eigenvalue weighted by Gasteiger charge is -2.08. The van der Waals surface area contributed by atoms with Gasteiger partial charge >= 0.3 is 0 Å². The molecule has 0 fully saturated rings. The summed E-state index contributed by atoms with van der Waals surface area (Å²) < 4.78 is 1.79. The van der Waals surface area contributed by atoms with Gasteiger partial charge in [-0.1, -0.05) is 23.7 Å². The standard InChI is InChI=1S/C12H14ClN3/c1-9-2-3-10(4-5-14)6-12(9)16-8-11(13)7-15-16/h2-3,6-8H,4-5,14H2,1H3. The van der Waals surface area contributed by atoms with E-state index in [1.165, 1.54) is 11.1 Å². The molecule has 1 aromatic heterocycles. The minimum absolute atomic E-state index is 0.642. The van der Waals surface area contributed by atoms with Crippen LogP contribution in [0.3, 0.4) is 0 Å². The second-order valence-electron chi connectivity index (χ2n) is 3.76. The molecule has 4 heteroatoms. The molecule has 16 heavy (non-hydrogen) atoms. The van der Waals surface area contributed by atoms with E-state index in [1.54, 1.807) is 17.1 Å². The molecule has 0 unspecified atom stereocenters. The molecule has 2 N–H and O–H groups in total. The number of nitrogens with two attached hydrogens (primary N) is 1. The van der Waals surface area contributed by atoms with Crippen molar-refractivity contribution < 1.29 is 0 Å². The van der Waals surface area contributed by atoms with Gasteiger partial charge in [0.15, 0.2) is 0 Å². The first-order chi connectivity index (χ1) is 7.70. The Labute approximate surface area is 99.8 Å². The normalized spacial score (nSPS) is 10.7. The van der Waals surface area contributed by atoms with Gasteiger partial charge in [-0.05, 0) is 37.1 Å². The third-order valence-corrected chi connectivity index (χ3v) is 2.70. The van der Waals surface area contributed by atoms with Crippen LogP contribution in [0.4, 0.5) is 0 Å². The summed E-state index contributed by atoms with van der Waals surface area (Å²) >= 11 is 5.86. The number of benzene rings is 1. The number of nitrogens with zero attached hydrogens (tertiary/aromatic N) is 2. The van der Waals surface area contributed by atoms with Crippen LogP contribution in [0.1, 0.15) is 11.1 Å². The van der Waals surface area contributed by atoms with Crippen LogP contribution in [0.2, 0.25) is 5.02 Å². The average Bonchev–Trinajstić information content (AvgIpc) is 2.68. The zero-order valence-corrected chi connectivity index (χ0v) is 9.91. The molecule has 0 saturated heterocycles. The van der Waals surface area contributed by atoms with Crippen LogP contribution in [0.5, 0.6) is 0 Å². The highest BCUT2D eigenvalue weighted by molar-refractivity contribution is 6.30. The fourth-order valence-electron chi connectivity index (χ4n) is 1.66. The van der Waals surface area contributed by atoms with Crippen LogP contribution in [-0.4, -0.2) is 16.3 Å². The van der Waals surface area contributed by atoms with Crippen molar-refractivity contribution in [2.24, 2.45) is 5.73 Å². The molecule has 0 spiro atoms. The second kappa shape index (κ2) is 4.68. The Balaban J connectivity index is 2.42. The Morgan fingerprint density at radius 2 is 2.25 bits per heavy atom. The fourth-order valence-corrected chi connectivity index (χ4v) is 1.79. The van der Waals surface area contributed by atoms with Gasteiger partial charge in [0.2, 0.25) is 0 Å². The highest BCUT2D eigenvalue weighted by Gasteiger charge is 2.04. The van der Waals surface area contributed by atoms with E-state index in [2.05, 4.69) is 30.2 Å². The van der Waals surface area contributed by atoms with Crippen LogP contribution in [0, 0.1) is 6.92 Å². The summed E-state index contributed by atoms with van der Waals surface area (Å²) in [7, 11) is 0. The van der Waals surface area contributed by atoms with Gasteiger partial charge in [0.1, 0.15) is 0 Å². The number of rotatable bonds is 3. The molecule has 2 rings (SSSR count). The quantitative estimate of drug-likeness (QED) is 0.888. The summed E-state index contributed by atoms with van der Waals surface area (Å²) in [5.41, 5.74) is 8.99. The average molecular weight is 236 g/mol. The van der Waals surface area contributed by atoms with Gasteiger partial charge in [-0.2, -0.15) is 5.10 Å². The van der Waals surface area contributed by atoms with Gasteiger partial charge in [0.25, 0.3) is 0 Å². The Morgan fingerprint density at radius 3 is 2.88 bits per heavy atom. The Bertz CT molecular complexity index is 491. The van der Waals surface area contributed by atoms with E-state index in [1.807, 2.05) is 0 Å². The maximum absolute atomic E-state index is 5.86. The smallest absolute Gasteiger partial charge is 0.0790 e. The van der Waals surface area contributed by atoms with Crippen LogP contribution in [0.25, 0.3) is 5.69 Å². The summed E-state index contributed by atoms with van der Waals surface area (Å²) in [6.07, 6.45) is 4.31. The van der Waals surface area contributed by atoms with E-state index in [0.29, 0.717) is 11.6 Å². The van der Waals surface area contributed by atoms with E-state index >= 15 is 0 Å². The first-order valence-corrected chi connectivity index (χ1v) is 5.58. The maximum atomic E-state index is 5.86. The van der Waals surface area contributed by atoms with Crippen molar-refractivity contribution in [3.63, 3.8) is 0 Å². The Morgan fingerprint density at radius 1 is 1.44 bits per heavy atom. The molecule has 0 aliphatic carbocycles. The SMILES string of the molecule is Cc1ccc(CCN)cc1-n1cc(Cl)cn1. The number of hydrogen-bond donors (Lipinski definition) is 1. The van der Waals surface area contributed by atoms with E-state index in [4.69, 9.17) is 17.3 Å². The Hall–Kier alpha value is -1.32. The lowest BCUT2D eigenvalue weighted by molar-refractivity contribution is 0.866. The number of halogens is 1. The first-order valence-electron chi connectivity index (χ1n) is 5.21. The lowest BCUT2D eigenvalue weighted by atomic mass is 10.1. The van der Waals surface area contributed by atoms with Gasteiger partial charge in [0, 0.05) is 6.20 Å². The molecule has 84 valence electrons. The molecule has 0 atom stereocenters. The fraction of sp³-hybridized carbons (Fsp3) is 0.250. The van der Waals surface area contributed by atoms with Crippen LogP contribution in [0.15, 0.2) is 30.6 Å². The molecule has 1 aromatic carbocycles. The number of aryl methyl sites for hydroxylation is 1. The third-order valence-electron chi connectivity index (χ3n) is 2.50.